The van der Waals surface area contributed by atoms with Crippen LogP contribution in [0, 0.1) is 0 Å². The minimum atomic E-state index is -0.373. The van der Waals surface area contributed by atoms with Crippen LogP contribution in [0.2, 0.25) is 0 Å². The van der Waals surface area contributed by atoms with E-state index in [1.54, 1.807) is 0 Å². The van der Waals surface area contributed by atoms with Crippen molar-refractivity contribution in [2.75, 3.05) is 5.32 Å². The van der Waals surface area contributed by atoms with E-state index < -0.39 is 0 Å². The molecule has 0 bridgehead atoms. The Hall–Kier alpha value is -2.49. The van der Waals surface area contributed by atoms with E-state index >= 15 is 0 Å². The molecule has 1 amide bonds. The van der Waals surface area contributed by atoms with Crippen molar-refractivity contribution in [2.45, 2.75) is 26.2 Å². The lowest BCUT2D eigenvalue weighted by molar-refractivity contribution is 0.102. The molecule has 110 valence electrons. The maximum Gasteiger partial charge on any atom is 0.255 e. The number of carbonyl (C=O) groups excluding carboxylic acids is 1. The highest BCUT2D eigenvalue weighted by Crippen LogP contribution is 2.21. The Bertz CT molecular complexity index is 600. The van der Waals surface area contributed by atoms with E-state index in [0.717, 1.165) is 19.3 Å². The number of hydrogen-bond donors (Lipinski definition) is 3. The first-order valence-corrected chi connectivity index (χ1v) is 7.02. The highest BCUT2D eigenvalue weighted by Gasteiger charge is 2.09. The summed E-state index contributed by atoms with van der Waals surface area (Å²) in [5.74, 6) is -0.660. The molecular weight excluding hydrogens is 266 g/mol. The quantitative estimate of drug-likeness (QED) is 0.784. The topological polar surface area (TPSA) is 69.6 Å². The van der Waals surface area contributed by atoms with Crippen molar-refractivity contribution in [2.24, 2.45) is 0 Å². The fraction of sp³-hybridized carbons (Fsp3) is 0.235. The molecule has 0 heterocycles. The molecule has 2 rings (SSSR count). The second kappa shape index (κ2) is 6.79. The average Bonchev–Trinajstić information content (AvgIpc) is 2.45. The van der Waals surface area contributed by atoms with E-state index in [-0.39, 0.29) is 23.0 Å². The Balaban J connectivity index is 2.05. The zero-order chi connectivity index (χ0) is 15.2. The minimum Gasteiger partial charge on any atom is -0.508 e. The van der Waals surface area contributed by atoms with E-state index in [9.17, 15) is 15.0 Å². The molecule has 0 radical (unpaired) electrons. The summed E-state index contributed by atoms with van der Waals surface area (Å²) >= 11 is 0. The van der Waals surface area contributed by atoms with Crippen LogP contribution < -0.4 is 5.32 Å². The molecule has 0 aliphatic rings. The number of anilines is 1. The minimum absolute atomic E-state index is 0.143. The molecule has 4 heteroatoms. The molecule has 0 saturated carbocycles. The van der Waals surface area contributed by atoms with E-state index in [0.29, 0.717) is 5.69 Å². The monoisotopic (exact) mass is 285 g/mol. The van der Waals surface area contributed by atoms with Gasteiger partial charge in [0.15, 0.2) is 0 Å². The molecule has 0 unspecified atom stereocenters. The number of phenols is 2. The van der Waals surface area contributed by atoms with Gasteiger partial charge in [-0.15, -0.1) is 0 Å². The zero-order valence-electron chi connectivity index (χ0n) is 12.0. The molecular formula is C17H19NO3. The third-order valence-electron chi connectivity index (χ3n) is 3.20. The molecule has 0 aromatic heterocycles. The third kappa shape index (κ3) is 4.24. The number of amides is 1. The molecule has 0 aliphatic carbocycles. The van der Waals surface area contributed by atoms with Crippen molar-refractivity contribution in [1.82, 2.24) is 0 Å². The van der Waals surface area contributed by atoms with Crippen LogP contribution in [0.15, 0.2) is 42.5 Å². The van der Waals surface area contributed by atoms with Gasteiger partial charge in [0.05, 0.1) is 0 Å². The average molecular weight is 285 g/mol. The van der Waals surface area contributed by atoms with Gasteiger partial charge in [-0.1, -0.05) is 25.5 Å². The zero-order valence-corrected chi connectivity index (χ0v) is 12.0. The predicted octanol–water partition coefficient (Wildman–Crippen LogP) is 3.69. The molecule has 2 aromatic rings. The number of nitrogens with one attached hydrogen (secondary N) is 1. The molecule has 0 aliphatic heterocycles. The lowest BCUT2D eigenvalue weighted by Gasteiger charge is -2.07. The van der Waals surface area contributed by atoms with Crippen LogP contribution in [0.5, 0.6) is 11.5 Å². The van der Waals surface area contributed by atoms with Gasteiger partial charge in [-0.05, 0) is 42.7 Å². The highest BCUT2D eigenvalue weighted by molar-refractivity contribution is 6.04. The number of rotatable bonds is 5. The SMILES string of the molecule is CCCCc1ccc(NC(=O)c2cc(O)cc(O)c2)cc1. The highest BCUT2D eigenvalue weighted by atomic mass is 16.3. The molecule has 21 heavy (non-hydrogen) atoms. The lowest BCUT2D eigenvalue weighted by Crippen LogP contribution is -2.11. The van der Waals surface area contributed by atoms with Crippen molar-refractivity contribution >= 4 is 11.6 Å². The first-order valence-electron chi connectivity index (χ1n) is 7.02. The second-order valence-corrected chi connectivity index (χ2v) is 4.99. The molecule has 0 spiro atoms. The Morgan fingerprint density at radius 2 is 1.67 bits per heavy atom. The molecule has 0 atom stereocenters. The molecule has 0 saturated heterocycles. The van der Waals surface area contributed by atoms with E-state index in [2.05, 4.69) is 12.2 Å². The first kappa shape index (κ1) is 14.9. The third-order valence-corrected chi connectivity index (χ3v) is 3.20. The summed E-state index contributed by atoms with van der Waals surface area (Å²) in [7, 11) is 0. The van der Waals surface area contributed by atoms with Gasteiger partial charge in [0.2, 0.25) is 0 Å². The van der Waals surface area contributed by atoms with Crippen molar-refractivity contribution in [3.05, 3.63) is 53.6 Å². The number of carbonyl (C=O) groups is 1. The normalized spacial score (nSPS) is 10.3. The van der Waals surface area contributed by atoms with Crippen LogP contribution in [0.25, 0.3) is 0 Å². The number of aromatic hydroxyl groups is 2. The summed E-state index contributed by atoms with van der Waals surface area (Å²) < 4.78 is 0. The van der Waals surface area contributed by atoms with Crippen molar-refractivity contribution in [3.8, 4) is 11.5 Å². The van der Waals surface area contributed by atoms with E-state index in [1.165, 1.54) is 23.8 Å². The van der Waals surface area contributed by atoms with Crippen molar-refractivity contribution in [3.63, 3.8) is 0 Å². The van der Waals surface area contributed by atoms with Crippen LogP contribution >= 0.6 is 0 Å². The van der Waals surface area contributed by atoms with Crippen LogP contribution in [-0.4, -0.2) is 16.1 Å². The molecule has 4 nitrogen and oxygen atoms in total. The number of hydrogen-bond acceptors (Lipinski definition) is 3. The summed E-state index contributed by atoms with van der Waals surface area (Å²) in [6.45, 7) is 2.15. The van der Waals surface area contributed by atoms with Crippen molar-refractivity contribution < 1.29 is 15.0 Å². The first-order chi connectivity index (χ1) is 10.1. The summed E-state index contributed by atoms with van der Waals surface area (Å²) in [5, 5.41) is 21.5. The smallest absolute Gasteiger partial charge is 0.255 e. The van der Waals surface area contributed by atoms with Gasteiger partial charge in [-0.3, -0.25) is 4.79 Å². The van der Waals surface area contributed by atoms with Gasteiger partial charge in [-0.25, -0.2) is 0 Å². The predicted molar refractivity (Wildman–Crippen MR) is 82.8 cm³/mol. The van der Waals surface area contributed by atoms with Gasteiger partial charge < -0.3 is 15.5 Å². The Labute approximate surface area is 124 Å². The molecule has 0 fully saturated rings. The van der Waals surface area contributed by atoms with Crippen molar-refractivity contribution in [1.29, 1.82) is 0 Å². The van der Waals surface area contributed by atoms with Crippen LogP contribution in [0.3, 0.4) is 0 Å². The fourth-order valence-electron chi connectivity index (χ4n) is 2.07. The molecule has 3 N–H and O–H groups in total. The Morgan fingerprint density at radius 1 is 1.05 bits per heavy atom. The maximum absolute atomic E-state index is 12.0. The summed E-state index contributed by atoms with van der Waals surface area (Å²) in [5.41, 5.74) is 2.13. The molecule has 2 aromatic carbocycles. The van der Waals surface area contributed by atoms with Crippen LogP contribution in [0.1, 0.15) is 35.7 Å². The fourth-order valence-corrected chi connectivity index (χ4v) is 2.07. The largest absolute Gasteiger partial charge is 0.508 e. The van der Waals surface area contributed by atoms with E-state index in [4.69, 9.17) is 0 Å². The summed E-state index contributed by atoms with van der Waals surface area (Å²) in [6.07, 6.45) is 3.33. The van der Waals surface area contributed by atoms with E-state index in [1.807, 2.05) is 24.3 Å². The van der Waals surface area contributed by atoms with Gasteiger partial charge in [0.1, 0.15) is 11.5 Å². The summed E-state index contributed by atoms with van der Waals surface area (Å²) in [4.78, 5) is 12.0. The summed E-state index contributed by atoms with van der Waals surface area (Å²) in [6, 6.07) is 11.5. The van der Waals surface area contributed by atoms with Gasteiger partial charge >= 0.3 is 0 Å². The Morgan fingerprint density at radius 3 is 2.24 bits per heavy atom. The number of unbranched alkanes of at least 4 members (excludes halogenated alkanes) is 1. The van der Waals surface area contributed by atoms with Gasteiger partial charge in [-0.2, -0.15) is 0 Å². The van der Waals surface area contributed by atoms with Crippen LogP contribution in [0.4, 0.5) is 5.69 Å². The van der Waals surface area contributed by atoms with Gasteiger partial charge in [0.25, 0.3) is 5.91 Å². The maximum atomic E-state index is 12.0. The number of benzene rings is 2. The lowest BCUT2D eigenvalue weighted by atomic mass is 10.1. The van der Waals surface area contributed by atoms with Crippen LogP contribution in [-0.2, 0) is 6.42 Å². The second-order valence-electron chi connectivity index (χ2n) is 4.99. The standard InChI is InChI=1S/C17H19NO3/c1-2-3-4-12-5-7-14(8-6-12)18-17(21)13-9-15(19)11-16(20)10-13/h5-11,19-20H,2-4H2,1H3,(H,18,21). The van der Waals surface area contributed by atoms with Gasteiger partial charge in [0, 0.05) is 17.3 Å². The number of aryl methyl sites for hydroxylation is 1. The number of phenolic OH excluding ortho intramolecular Hbond substituents is 2. The Kier molecular flexibility index (Phi) is 4.82.